The van der Waals surface area contributed by atoms with E-state index >= 15 is 0 Å². The molecule has 1 aromatic carbocycles. The van der Waals surface area contributed by atoms with Gasteiger partial charge in [-0.3, -0.25) is 14.7 Å². The molecule has 3 N–H and O–H groups in total. The maximum Gasteiger partial charge on any atom is 0.220 e. The maximum atomic E-state index is 12.7. The molecular formula is C40H65ClN6O2. The van der Waals surface area contributed by atoms with Crippen LogP contribution >= 0.6 is 11.6 Å². The molecule has 0 aliphatic rings. The van der Waals surface area contributed by atoms with Gasteiger partial charge in [-0.1, -0.05) is 155 Å². The fraction of sp³-hybridized carbons (Fsp3) is 0.700. The largest absolute Gasteiger partial charge is 0.352 e. The van der Waals surface area contributed by atoms with Gasteiger partial charge in [0.25, 0.3) is 0 Å². The van der Waals surface area contributed by atoms with Gasteiger partial charge in [-0.25, -0.2) is 4.98 Å². The number of carbonyl (C=O) groups is 2. The first kappa shape index (κ1) is 40.6. The van der Waals surface area contributed by atoms with Crippen LogP contribution in [0.2, 0.25) is 5.02 Å². The van der Waals surface area contributed by atoms with Crippen LogP contribution in [0.3, 0.4) is 0 Å². The highest BCUT2D eigenvalue weighted by molar-refractivity contribution is 6.34. The predicted molar refractivity (Wildman–Crippen MR) is 204 cm³/mol. The maximum absolute atomic E-state index is 12.7. The molecule has 0 spiro atoms. The molecule has 0 saturated carbocycles. The summed E-state index contributed by atoms with van der Waals surface area (Å²) in [6, 6.07) is 6.08. The first-order valence-electron chi connectivity index (χ1n) is 19.4. The van der Waals surface area contributed by atoms with Crippen LogP contribution in [0.4, 0.5) is 0 Å². The molecule has 0 unspecified atom stereocenters. The van der Waals surface area contributed by atoms with E-state index in [1.54, 1.807) is 4.63 Å². The van der Waals surface area contributed by atoms with Gasteiger partial charge in [0.2, 0.25) is 11.8 Å². The molecule has 0 aliphatic carbocycles. The summed E-state index contributed by atoms with van der Waals surface area (Å²) in [5.41, 5.74) is 4.00. The summed E-state index contributed by atoms with van der Waals surface area (Å²) in [7, 11) is 0. The van der Waals surface area contributed by atoms with Crippen molar-refractivity contribution in [2.75, 3.05) is 0 Å². The highest BCUT2D eigenvalue weighted by atomic mass is 35.5. The second-order valence-corrected chi connectivity index (χ2v) is 15.3. The van der Waals surface area contributed by atoms with Gasteiger partial charge < -0.3 is 10.6 Å². The third-order valence-corrected chi connectivity index (χ3v) is 9.65. The standard InChI is InChI=1S/C40H65ClN6O2/c1-6-8-10-12-14-16-18-20-22-24-34(48)42-29-31-26-32(30-43-35(49)25-23-21-19-17-15-13-11-9-7-2)28-33(27-31)38-44-39-36(41)37(40(3,4)5)45-47(39)46-38/h26-28,45H,6-25,29-30H2,1-5H3,(H,42,48)(H,43,49). The van der Waals surface area contributed by atoms with E-state index in [1.165, 1.54) is 89.9 Å². The number of aromatic nitrogens is 4. The van der Waals surface area contributed by atoms with E-state index in [4.69, 9.17) is 21.7 Å². The number of H-pyrrole nitrogens is 1. The fourth-order valence-corrected chi connectivity index (χ4v) is 6.73. The van der Waals surface area contributed by atoms with Gasteiger partial charge in [-0.05, 0) is 36.1 Å². The van der Waals surface area contributed by atoms with E-state index in [2.05, 4.69) is 50.4 Å². The summed E-state index contributed by atoms with van der Waals surface area (Å²) >= 11 is 6.72. The molecule has 9 heteroatoms. The van der Waals surface area contributed by atoms with Gasteiger partial charge in [0.15, 0.2) is 11.5 Å². The molecule has 0 aliphatic heterocycles. The Morgan fingerprint density at radius 1 is 0.694 bits per heavy atom. The van der Waals surface area contributed by atoms with Gasteiger partial charge in [0.05, 0.1) is 5.69 Å². The Labute approximate surface area is 301 Å². The number of carbonyl (C=O) groups excluding carboxylic acids is 2. The summed E-state index contributed by atoms with van der Waals surface area (Å²) < 4.78 is 1.63. The minimum atomic E-state index is -0.175. The first-order valence-corrected chi connectivity index (χ1v) is 19.8. The van der Waals surface area contributed by atoms with Gasteiger partial charge >= 0.3 is 0 Å². The quantitative estimate of drug-likeness (QED) is 0.0767. The molecule has 2 heterocycles. The van der Waals surface area contributed by atoms with Crippen molar-refractivity contribution in [3.8, 4) is 11.4 Å². The van der Waals surface area contributed by atoms with Crippen LogP contribution in [0.1, 0.15) is 180 Å². The Kier molecular flexibility index (Phi) is 18.3. The van der Waals surface area contributed by atoms with Crippen molar-refractivity contribution in [2.45, 2.75) is 182 Å². The number of fused-ring (bicyclic) bond motifs is 1. The van der Waals surface area contributed by atoms with Crippen LogP contribution in [0.15, 0.2) is 18.2 Å². The highest BCUT2D eigenvalue weighted by Gasteiger charge is 2.24. The number of nitrogens with one attached hydrogen (secondary N) is 3. The number of aromatic amines is 1. The van der Waals surface area contributed by atoms with Crippen molar-refractivity contribution >= 4 is 29.1 Å². The predicted octanol–water partition coefficient (Wildman–Crippen LogP) is 10.7. The van der Waals surface area contributed by atoms with Gasteiger partial charge in [0, 0.05) is 36.9 Å². The van der Waals surface area contributed by atoms with Gasteiger partial charge in [-0.2, -0.15) is 4.63 Å². The number of halogens is 1. The van der Waals surface area contributed by atoms with E-state index < -0.39 is 0 Å². The Balaban J connectivity index is 1.57. The number of hydrogen-bond donors (Lipinski definition) is 3. The number of nitrogens with zero attached hydrogens (tertiary/aromatic N) is 3. The average Bonchev–Trinajstić information content (AvgIpc) is 3.64. The monoisotopic (exact) mass is 696 g/mol. The molecule has 0 fully saturated rings. The number of hydrogen-bond acceptors (Lipinski definition) is 4. The summed E-state index contributed by atoms with van der Waals surface area (Å²) in [5.74, 6) is 0.678. The molecule has 274 valence electrons. The average molecular weight is 697 g/mol. The Bertz CT molecular complexity index is 1350. The second-order valence-electron chi connectivity index (χ2n) is 15.0. The molecule has 2 aromatic heterocycles. The van der Waals surface area contributed by atoms with Gasteiger partial charge in [-0.15, -0.1) is 5.10 Å². The summed E-state index contributed by atoms with van der Waals surface area (Å²) in [5, 5.41) is 14.8. The van der Waals surface area contributed by atoms with E-state index in [1.807, 2.05) is 18.2 Å². The van der Waals surface area contributed by atoms with Crippen LogP contribution < -0.4 is 10.6 Å². The van der Waals surface area contributed by atoms with Crippen molar-refractivity contribution in [3.05, 3.63) is 40.0 Å². The smallest absolute Gasteiger partial charge is 0.220 e. The Morgan fingerprint density at radius 3 is 1.53 bits per heavy atom. The molecule has 3 rings (SSSR count). The highest BCUT2D eigenvalue weighted by Crippen LogP contribution is 2.32. The minimum absolute atomic E-state index is 0.0686. The molecule has 49 heavy (non-hydrogen) atoms. The molecule has 0 bridgehead atoms. The van der Waals surface area contributed by atoms with Crippen molar-refractivity contribution < 1.29 is 9.59 Å². The normalized spacial score (nSPS) is 11.8. The number of unbranched alkanes of at least 4 members (excludes halogenated alkanes) is 16. The molecular weight excluding hydrogens is 632 g/mol. The van der Waals surface area contributed by atoms with Crippen molar-refractivity contribution in [3.63, 3.8) is 0 Å². The summed E-state index contributed by atoms with van der Waals surface area (Å²) in [6.45, 7) is 11.6. The fourth-order valence-electron chi connectivity index (χ4n) is 6.28. The SMILES string of the molecule is CCCCCCCCCCCC(=O)NCc1cc(CNC(=O)CCCCCCCCCCC)cc(-c2nc3c(Cl)c(C(C)(C)C)[nH]n3n2)c1. The van der Waals surface area contributed by atoms with Crippen molar-refractivity contribution in [1.29, 1.82) is 0 Å². The lowest BCUT2D eigenvalue weighted by Gasteiger charge is -2.16. The third-order valence-electron chi connectivity index (χ3n) is 9.30. The molecule has 0 saturated heterocycles. The molecule has 3 aromatic rings. The van der Waals surface area contributed by atoms with E-state index in [0.717, 1.165) is 48.1 Å². The number of amides is 2. The lowest BCUT2D eigenvalue weighted by atomic mass is 9.92. The third kappa shape index (κ3) is 14.9. The van der Waals surface area contributed by atoms with Crippen molar-refractivity contribution in [1.82, 2.24) is 30.4 Å². The zero-order valence-electron chi connectivity index (χ0n) is 31.3. The molecule has 0 atom stereocenters. The van der Waals surface area contributed by atoms with Crippen molar-refractivity contribution in [2.24, 2.45) is 0 Å². The summed E-state index contributed by atoms with van der Waals surface area (Å²) in [4.78, 5) is 30.2. The van der Waals surface area contributed by atoms with E-state index in [9.17, 15) is 9.59 Å². The molecule has 2 amide bonds. The lowest BCUT2D eigenvalue weighted by molar-refractivity contribution is -0.122. The van der Waals surface area contributed by atoms with Crippen LogP contribution in [0, 0.1) is 0 Å². The van der Waals surface area contributed by atoms with E-state index in [-0.39, 0.29) is 17.2 Å². The second kappa shape index (κ2) is 22.1. The van der Waals surface area contributed by atoms with Crippen LogP contribution in [-0.2, 0) is 28.1 Å². The summed E-state index contributed by atoms with van der Waals surface area (Å²) in [6.07, 6.45) is 23.2. The topological polar surface area (TPSA) is 104 Å². The lowest BCUT2D eigenvalue weighted by Crippen LogP contribution is -2.24. The van der Waals surface area contributed by atoms with Crippen LogP contribution in [-0.4, -0.2) is 31.6 Å². The zero-order valence-corrected chi connectivity index (χ0v) is 32.1. The zero-order chi connectivity index (χ0) is 35.5. The van der Waals surface area contributed by atoms with Crippen LogP contribution in [0.5, 0.6) is 0 Å². The minimum Gasteiger partial charge on any atom is -0.352 e. The van der Waals surface area contributed by atoms with Crippen LogP contribution in [0.25, 0.3) is 17.0 Å². The molecule has 8 nitrogen and oxygen atoms in total. The van der Waals surface area contributed by atoms with Gasteiger partial charge in [0.1, 0.15) is 5.02 Å². The van der Waals surface area contributed by atoms with E-state index in [0.29, 0.717) is 42.4 Å². The Hall–Kier alpha value is -2.87. The first-order chi connectivity index (χ1) is 23.6. The molecule has 0 radical (unpaired) electrons. The number of benzene rings is 1. The Morgan fingerprint density at radius 2 is 1.12 bits per heavy atom. The number of rotatable bonds is 25.